The van der Waals surface area contributed by atoms with Gasteiger partial charge in [-0.25, -0.2) is 4.39 Å². The molecule has 0 unspecified atom stereocenters. The van der Waals surface area contributed by atoms with E-state index in [4.69, 9.17) is 0 Å². The Morgan fingerprint density at radius 3 is 2.79 bits per heavy atom. The van der Waals surface area contributed by atoms with Crippen molar-refractivity contribution in [3.05, 3.63) is 35.6 Å². The van der Waals surface area contributed by atoms with Crippen molar-refractivity contribution >= 4 is 5.91 Å². The number of piperidine rings is 1. The Bertz CT molecular complexity index is 428. The molecule has 104 valence electrons. The third kappa shape index (κ3) is 3.77. The first-order chi connectivity index (χ1) is 9.20. The van der Waals surface area contributed by atoms with Crippen molar-refractivity contribution in [3.8, 4) is 0 Å². The lowest BCUT2D eigenvalue weighted by atomic mass is 9.93. The molecular weight excluding hydrogens is 243 g/mol. The Hall–Kier alpha value is -1.42. The van der Waals surface area contributed by atoms with Crippen LogP contribution in [0.2, 0.25) is 0 Å². The van der Waals surface area contributed by atoms with E-state index in [1.807, 2.05) is 11.9 Å². The van der Waals surface area contributed by atoms with E-state index in [9.17, 15) is 9.18 Å². The fraction of sp³-hybridized carbons (Fsp3) is 0.533. The van der Waals surface area contributed by atoms with Crippen LogP contribution in [0, 0.1) is 11.7 Å². The largest absolute Gasteiger partial charge is 0.339 e. The molecule has 19 heavy (non-hydrogen) atoms. The van der Waals surface area contributed by atoms with Crippen LogP contribution in [0.3, 0.4) is 0 Å². The molecule has 0 radical (unpaired) electrons. The van der Waals surface area contributed by atoms with Crippen LogP contribution < -0.4 is 5.32 Å². The molecule has 0 spiro atoms. The molecule has 0 atom stereocenters. The van der Waals surface area contributed by atoms with Crippen LogP contribution in [-0.4, -0.2) is 37.5 Å². The third-order valence-corrected chi connectivity index (χ3v) is 3.78. The average molecular weight is 264 g/mol. The second-order valence-corrected chi connectivity index (χ2v) is 5.14. The zero-order valence-corrected chi connectivity index (χ0v) is 11.4. The second kappa shape index (κ2) is 6.66. The normalized spacial score (nSPS) is 16.6. The van der Waals surface area contributed by atoms with Gasteiger partial charge in [-0.15, -0.1) is 0 Å². The van der Waals surface area contributed by atoms with Crippen LogP contribution in [0.5, 0.6) is 0 Å². The predicted molar refractivity (Wildman–Crippen MR) is 73.6 cm³/mol. The monoisotopic (exact) mass is 264 g/mol. The maximum absolute atomic E-state index is 13.1. The standard InChI is InChI=1S/C15H21FN2O/c1-17-8-5-12-6-9-18(10-7-12)15(19)13-3-2-4-14(16)11-13/h2-4,11-12,17H,5-10H2,1H3. The molecular formula is C15H21FN2O. The summed E-state index contributed by atoms with van der Waals surface area (Å²) in [5.74, 6) is 0.297. The summed E-state index contributed by atoms with van der Waals surface area (Å²) in [5.41, 5.74) is 0.452. The maximum atomic E-state index is 13.1. The van der Waals surface area contributed by atoms with E-state index in [0.717, 1.165) is 32.5 Å². The van der Waals surface area contributed by atoms with Gasteiger partial charge in [-0.2, -0.15) is 0 Å². The predicted octanol–water partition coefficient (Wildman–Crippen LogP) is 2.29. The first-order valence-electron chi connectivity index (χ1n) is 6.90. The van der Waals surface area contributed by atoms with Crippen LogP contribution >= 0.6 is 0 Å². The van der Waals surface area contributed by atoms with Crippen molar-refractivity contribution in [2.24, 2.45) is 5.92 Å². The molecule has 2 rings (SSSR count). The number of hydrogen-bond acceptors (Lipinski definition) is 2. The summed E-state index contributed by atoms with van der Waals surface area (Å²) in [6.07, 6.45) is 3.25. The molecule has 1 aliphatic heterocycles. The molecule has 0 aliphatic carbocycles. The minimum atomic E-state index is -0.352. The topological polar surface area (TPSA) is 32.3 Å². The molecule has 3 nitrogen and oxygen atoms in total. The van der Waals surface area contributed by atoms with E-state index in [-0.39, 0.29) is 11.7 Å². The van der Waals surface area contributed by atoms with Gasteiger partial charge in [0.25, 0.3) is 5.91 Å². The lowest BCUT2D eigenvalue weighted by molar-refractivity contribution is 0.0686. The molecule has 4 heteroatoms. The van der Waals surface area contributed by atoms with Gasteiger partial charge < -0.3 is 10.2 Å². The highest BCUT2D eigenvalue weighted by molar-refractivity contribution is 5.94. The molecule has 0 saturated carbocycles. The first-order valence-corrected chi connectivity index (χ1v) is 6.90. The van der Waals surface area contributed by atoms with Crippen molar-refractivity contribution in [3.63, 3.8) is 0 Å². The Kier molecular flexibility index (Phi) is 4.91. The molecule has 0 aromatic heterocycles. The SMILES string of the molecule is CNCCC1CCN(C(=O)c2cccc(F)c2)CC1. The van der Waals surface area contributed by atoms with Crippen LogP contribution in [0.1, 0.15) is 29.6 Å². The van der Waals surface area contributed by atoms with Gasteiger partial charge in [0.2, 0.25) is 0 Å². The number of halogens is 1. The molecule has 1 saturated heterocycles. The summed E-state index contributed by atoms with van der Waals surface area (Å²) in [6, 6.07) is 5.94. The van der Waals surface area contributed by atoms with E-state index < -0.39 is 0 Å². The van der Waals surface area contributed by atoms with Crippen molar-refractivity contribution in [1.82, 2.24) is 10.2 Å². The molecule has 0 bridgehead atoms. The van der Waals surface area contributed by atoms with Crippen molar-refractivity contribution in [2.75, 3.05) is 26.7 Å². The Balaban J connectivity index is 1.89. The van der Waals surface area contributed by atoms with Gasteiger partial charge in [0.05, 0.1) is 0 Å². The van der Waals surface area contributed by atoms with E-state index in [1.54, 1.807) is 12.1 Å². The van der Waals surface area contributed by atoms with Gasteiger partial charge in [-0.3, -0.25) is 4.79 Å². The number of benzene rings is 1. The molecule has 1 aromatic carbocycles. The lowest BCUT2D eigenvalue weighted by Crippen LogP contribution is -2.39. The molecule has 1 aromatic rings. The van der Waals surface area contributed by atoms with E-state index in [2.05, 4.69) is 5.32 Å². The van der Waals surface area contributed by atoms with E-state index in [1.165, 1.54) is 18.6 Å². The molecule has 1 fully saturated rings. The smallest absolute Gasteiger partial charge is 0.253 e. The number of rotatable bonds is 4. The molecule has 1 aliphatic rings. The van der Waals surface area contributed by atoms with Gasteiger partial charge in [-0.05, 0) is 57.0 Å². The summed E-state index contributed by atoms with van der Waals surface area (Å²) in [6.45, 7) is 2.59. The highest BCUT2D eigenvalue weighted by Gasteiger charge is 2.23. The zero-order chi connectivity index (χ0) is 13.7. The highest BCUT2D eigenvalue weighted by Crippen LogP contribution is 2.21. The Morgan fingerprint density at radius 2 is 2.16 bits per heavy atom. The van der Waals surface area contributed by atoms with Crippen LogP contribution in [0.25, 0.3) is 0 Å². The van der Waals surface area contributed by atoms with Crippen LogP contribution in [0.15, 0.2) is 24.3 Å². The summed E-state index contributed by atoms with van der Waals surface area (Å²) in [4.78, 5) is 14.1. The number of likely N-dealkylation sites (tertiary alicyclic amines) is 1. The minimum absolute atomic E-state index is 0.0495. The summed E-state index contributed by atoms with van der Waals surface area (Å²) in [7, 11) is 1.96. The zero-order valence-electron chi connectivity index (χ0n) is 11.4. The Morgan fingerprint density at radius 1 is 1.42 bits per heavy atom. The summed E-state index contributed by atoms with van der Waals surface area (Å²) >= 11 is 0. The van der Waals surface area contributed by atoms with Gasteiger partial charge in [0.1, 0.15) is 5.82 Å². The number of hydrogen-bond donors (Lipinski definition) is 1. The molecule has 1 heterocycles. The number of nitrogens with zero attached hydrogens (tertiary/aromatic N) is 1. The third-order valence-electron chi connectivity index (χ3n) is 3.78. The van der Waals surface area contributed by atoms with Crippen molar-refractivity contribution in [2.45, 2.75) is 19.3 Å². The van der Waals surface area contributed by atoms with Crippen LogP contribution in [-0.2, 0) is 0 Å². The van der Waals surface area contributed by atoms with Gasteiger partial charge in [-0.1, -0.05) is 6.07 Å². The minimum Gasteiger partial charge on any atom is -0.339 e. The first kappa shape index (κ1) is 14.0. The van der Waals surface area contributed by atoms with Crippen molar-refractivity contribution < 1.29 is 9.18 Å². The lowest BCUT2D eigenvalue weighted by Gasteiger charge is -2.32. The fourth-order valence-electron chi connectivity index (χ4n) is 2.58. The number of carbonyl (C=O) groups excluding carboxylic acids is 1. The summed E-state index contributed by atoms with van der Waals surface area (Å²) < 4.78 is 13.1. The second-order valence-electron chi connectivity index (χ2n) is 5.14. The summed E-state index contributed by atoms with van der Waals surface area (Å²) in [5, 5.41) is 3.16. The van der Waals surface area contributed by atoms with Crippen LogP contribution in [0.4, 0.5) is 4.39 Å². The fourth-order valence-corrected chi connectivity index (χ4v) is 2.58. The quantitative estimate of drug-likeness (QED) is 0.905. The molecule has 1 amide bonds. The number of nitrogens with one attached hydrogen (secondary N) is 1. The van der Waals surface area contributed by atoms with E-state index in [0.29, 0.717) is 11.5 Å². The maximum Gasteiger partial charge on any atom is 0.253 e. The molecule has 1 N–H and O–H groups in total. The number of carbonyl (C=O) groups is 1. The van der Waals surface area contributed by atoms with E-state index >= 15 is 0 Å². The number of amides is 1. The average Bonchev–Trinajstić information content (AvgIpc) is 2.45. The van der Waals surface area contributed by atoms with Gasteiger partial charge in [0.15, 0.2) is 0 Å². The van der Waals surface area contributed by atoms with Gasteiger partial charge >= 0.3 is 0 Å². The highest BCUT2D eigenvalue weighted by atomic mass is 19.1. The van der Waals surface area contributed by atoms with Crippen molar-refractivity contribution in [1.29, 1.82) is 0 Å². The van der Waals surface area contributed by atoms with Gasteiger partial charge in [0, 0.05) is 18.7 Å². The Labute approximate surface area is 113 Å².